The average molecular weight is 348 g/mol. The Hall–Kier alpha value is -3.97. The number of hydrogen-bond acceptors (Lipinski definition) is 6. The molecule has 0 bridgehead atoms. The van der Waals surface area contributed by atoms with Gasteiger partial charge in [0.15, 0.2) is 11.5 Å². The highest BCUT2D eigenvalue weighted by molar-refractivity contribution is 5.91. The molecule has 0 saturated carbocycles. The predicted octanol–water partition coefficient (Wildman–Crippen LogP) is 3.40. The summed E-state index contributed by atoms with van der Waals surface area (Å²) in [4.78, 5) is 10.5. The van der Waals surface area contributed by atoms with E-state index in [-0.39, 0.29) is 24.7 Å². The number of hydrogen-bond donors (Lipinski definition) is 0. The molecule has 7 nitrogen and oxygen atoms in total. The Morgan fingerprint density at radius 1 is 1.31 bits per heavy atom. The van der Waals surface area contributed by atoms with Crippen molar-refractivity contribution in [1.29, 1.82) is 5.26 Å². The van der Waals surface area contributed by atoms with Gasteiger partial charge in [-0.15, -0.1) is 6.42 Å². The lowest BCUT2D eigenvalue weighted by Gasteiger charge is -2.08. The fourth-order valence-electron chi connectivity index (χ4n) is 2.41. The zero-order valence-electron chi connectivity index (χ0n) is 13.5. The summed E-state index contributed by atoms with van der Waals surface area (Å²) in [7, 11) is 0. The van der Waals surface area contributed by atoms with Crippen molar-refractivity contribution in [3.63, 3.8) is 0 Å². The second-order valence-electron chi connectivity index (χ2n) is 5.21. The third-order valence-electron chi connectivity index (χ3n) is 3.62. The van der Waals surface area contributed by atoms with Gasteiger partial charge in [0.25, 0.3) is 5.69 Å². The molecule has 1 aliphatic heterocycles. The minimum atomic E-state index is -0.519. The first-order valence-corrected chi connectivity index (χ1v) is 7.49. The maximum atomic E-state index is 11.0. The van der Waals surface area contributed by atoms with Crippen molar-refractivity contribution < 1.29 is 19.1 Å². The van der Waals surface area contributed by atoms with Crippen LogP contribution >= 0.6 is 0 Å². The van der Waals surface area contributed by atoms with Gasteiger partial charge in [0.05, 0.1) is 16.6 Å². The van der Waals surface area contributed by atoms with Gasteiger partial charge in [0.2, 0.25) is 6.79 Å². The van der Waals surface area contributed by atoms with Crippen LogP contribution in [0.4, 0.5) is 5.69 Å². The molecule has 0 saturated heterocycles. The van der Waals surface area contributed by atoms with Gasteiger partial charge in [-0.1, -0.05) is 5.92 Å². The molecule has 0 atom stereocenters. The van der Waals surface area contributed by atoms with Crippen molar-refractivity contribution in [1.82, 2.24) is 0 Å². The number of nitrogens with zero attached hydrogens (tertiary/aromatic N) is 2. The Morgan fingerprint density at radius 2 is 2.12 bits per heavy atom. The van der Waals surface area contributed by atoms with Crippen molar-refractivity contribution >= 4 is 17.3 Å². The second kappa shape index (κ2) is 7.29. The number of terminal acetylenes is 1. The van der Waals surface area contributed by atoms with Crippen LogP contribution in [0, 0.1) is 33.8 Å². The number of benzene rings is 2. The standard InChI is InChI=1S/C19H12N2O5/c1-2-7-24-17-6-4-16(21(22)23)9-14(17)8-15(11-20)13-3-5-18-19(10-13)26-12-25-18/h1,3-6,8-10H,7,12H2/b15-8-. The molecule has 2 aromatic rings. The molecule has 2 aromatic carbocycles. The van der Waals surface area contributed by atoms with E-state index in [1.165, 1.54) is 24.3 Å². The summed E-state index contributed by atoms with van der Waals surface area (Å²) in [6, 6.07) is 11.3. The van der Waals surface area contributed by atoms with Crippen molar-refractivity contribution in [2.24, 2.45) is 0 Å². The van der Waals surface area contributed by atoms with Crippen LogP contribution in [0.15, 0.2) is 36.4 Å². The molecule has 3 rings (SSSR count). The summed E-state index contributed by atoms with van der Waals surface area (Å²) < 4.78 is 16.0. The van der Waals surface area contributed by atoms with Gasteiger partial charge < -0.3 is 14.2 Å². The molecule has 0 aromatic heterocycles. The van der Waals surface area contributed by atoms with Crippen molar-refractivity contribution in [3.8, 4) is 35.7 Å². The molecule has 0 N–H and O–H groups in total. The SMILES string of the molecule is C#CCOc1ccc([N+](=O)[O-])cc1/C=C(/C#N)c1ccc2c(c1)OCO2. The average Bonchev–Trinajstić information content (AvgIpc) is 3.12. The Morgan fingerprint density at radius 3 is 2.85 bits per heavy atom. The molecule has 0 fully saturated rings. The van der Waals surface area contributed by atoms with E-state index >= 15 is 0 Å². The Balaban J connectivity index is 2.05. The van der Waals surface area contributed by atoms with Gasteiger partial charge >= 0.3 is 0 Å². The molecule has 128 valence electrons. The smallest absolute Gasteiger partial charge is 0.270 e. The fraction of sp³-hybridized carbons (Fsp3) is 0.105. The maximum absolute atomic E-state index is 11.0. The van der Waals surface area contributed by atoms with Gasteiger partial charge in [-0.2, -0.15) is 5.26 Å². The van der Waals surface area contributed by atoms with Crippen LogP contribution in [0.1, 0.15) is 11.1 Å². The second-order valence-corrected chi connectivity index (χ2v) is 5.21. The van der Waals surface area contributed by atoms with Crippen LogP contribution in [-0.4, -0.2) is 18.3 Å². The largest absolute Gasteiger partial charge is 0.480 e. The number of nitriles is 1. The number of nitro benzene ring substituents is 1. The molecule has 26 heavy (non-hydrogen) atoms. The zero-order valence-corrected chi connectivity index (χ0v) is 13.5. The molecule has 1 aliphatic rings. The molecular weight excluding hydrogens is 336 g/mol. The van der Waals surface area contributed by atoms with Crippen LogP contribution in [0.3, 0.4) is 0 Å². The summed E-state index contributed by atoms with van der Waals surface area (Å²) in [6.45, 7) is 0.129. The lowest BCUT2D eigenvalue weighted by atomic mass is 10.0. The molecule has 7 heteroatoms. The summed E-state index contributed by atoms with van der Waals surface area (Å²) in [5.74, 6) is 3.82. The van der Waals surface area contributed by atoms with E-state index in [0.29, 0.717) is 28.4 Å². The first kappa shape index (κ1) is 16.9. The predicted molar refractivity (Wildman–Crippen MR) is 93.5 cm³/mol. The number of allylic oxidation sites excluding steroid dienone is 1. The molecule has 0 amide bonds. The lowest BCUT2D eigenvalue weighted by molar-refractivity contribution is -0.384. The quantitative estimate of drug-likeness (QED) is 0.270. The highest BCUT2D eigenvalue weighted by Gasteiger charge is 2.16. The normalized spacial score (nSPS) is 12.2. The fourth-order valence-corrected chi connectivity index (χ4v) is 2.41. The number of rotatable bonds is 5. The lowest BCUT2D eigenvalue weighted by Crippen LogP contribution is -1.97. The van der Waals surface area contributed by atoms with Crippen LogP contribution in [-0.2, 0) is 0 Å². The maximum Gasteiger partial charge on any atom is 0.270 e. The highest BCUT2D eigenvalue weighted by atomic mass is 16.7. The van der Waals surface area contributed by atoms with E-state index in [4.69, 9.17) is 20.6 Å². The highest BCUT2D eigenvalue weighted by Crippen LogP contribution is 2.35. The Kier molecular flexibility index (Phi) is 4.73. The van der Waals surface area contributed by atoms with Gasteiger partial charge in [-0.25, -0.2) is 0 Å². The summed E-state index contributed by atoms with van der Waals surface area (Å²) in [5.41, 5.74) is 1.14. The van der Waals surface area contributed by atoms with E-state index < -0.39 is 4.92 Å². The van der Waals surface area contributed by atoms with Gasteiger partial charge in [0, 0.05) is 17.7 Å². The number of fused-ring (bicyclic) bond motifs is 1. The Labute approximate surface area is 149 Å². The molecule has 0 radical (unpaired) electrons. The third kappa shape index (κ3) is 3.42. The van der Waals surface area contributed by atoms with Crippen molar-refractivity contribution in [3.05, 3.63) is 57.6 Å². The van der Waals surface area contributed by atoms with Crippen molar-refractivity contribution in [2.75, 3.05) is 13.4 Å². The summed E-state index contributed by atoms with van der Waals surface area (Å²) >= 11 is 0. The van der Waals surface area contributed by atoms with Gasteiger partial charge in [0.1, 0.15) is 12.4 Å². The van der Waals surface area contributed by atoms with Gasteiger partial charge in [-0.3, -0.25) is 10.1 Å². The zero-order chi connectivity index (χ0) is 18.5. The minimum absolute atomic E-state index is 0.00453. The first-order chi connectivity index (χ1) is 12.6. The Bertz CT molecular complexity index is 982. The minimum Gasteiger partial charge on any atom is -0.480 e. The summed E-state index contributed by atoms with van der Waals surface area (Å²) in [6.07, 6.45) is 6.71. The first-order valence-electron chi connectivity index (χ1n) is 7.49. The molecule has 0 unspecified atom stereocenters. The van der Waals surface area contributed by atoms with E-state index in [2.05, 4.69) is 12.0 Å². The number of nitro groups is 1. The molecule has 1 heterocycles. The van der Waals surface area contributed by atoms with Crippen LogP contribution in [0.5, 0.6) is 17.2 Å². The molecule has 0 aliphatic carbocycles. The van der Waals surface area contributed by atoms with Crippen LogP contribution in [0.2, 0.25) is 0 Å². The van der Waals surface area contributed by atoms with E-state index in [9.17, 15) is 15.4 Å². The molecular formula is C19H12N2O5. The van der Waals surface area contributed by atoms with E-state index in [1.807, 2.05) is 0 Å². The summed E-state index contributed by atoms with van der Waals surface area (Å²) in [5, 5.41) is 20.6. The monoisotopic (exact) mass is 348 g/mol. The third-order valence-corrected chi connectivity index (χ3v) is 3.62. The van der Waals surface area contributed by atoms with Gasteiger partial charge in [-0.05, 0) is 35.9 Å². The topological polar surface area (TPSA) is 94.6 Å². The van der Waals surface area contributed by atoms with E-state index in [1.54, 1.807) is 18.2 Å². The molecule has 0 spiro atoms. The number of non-ortho nitro benzene ring substituents is 1. The van der Waals surface area contributed by atoms with Crippen LogP contribution < -0.4 is 14.2 Å². The van der Waals surface area contributed by atoms with Crippen molar-refractivity contribution in [2.45, 2.75) is 0 Å². The van der Waals surface area contributed by atoms with E-state index in [0.717, 1.165) is 0 Å². The van der Waals surface area contributed by atoms with Crippen LogP contribution in [0.25, 0.3) is 11.6 Å². The number of ether oxygens (including phenoxy) is 3.